The zero-order valence-corrected chi connectivity index (χ0v) is 20.6. The van der Waals surface area contributed by atoms with E-state index in [0.29, 0.717) is 27.5 Å². The van der Waals surface area contributed by atoms with Crippen LogP contribution in [0.2, 0.25) is 5.02 Å². The van der Waals surface area contributed by atoms with Gasteiger partial charge in [-0.1, -0.05) is 37.6 Å². The molecule has 32 heavy (non-hydrogen) atoms. The molecular formula is C24H31Cl2N5O. The molecule has 1 saturated carbocycles. The van der Waals surface area contributed by atoms with E-state index in [1.807, 2.05) is 34.9 Å². The van der Waals surface area contributed by atoms with E-state index in [2.05, 4.69) is 43.3 Å². The fraction of sp³-hybridized carbons (Fsp3) is 0.458. The largest absolute Gasteiger partial charge is 0.349 e. The summed E-state index contributed by atoms with van der Waals surface area (Å²) >= 11 is 6.31. The van der Waals surface area contributed by atoms with Crippen LogP contribution in [0, 0.1) is 5.41 Å². The van der Waals surface area contributed by atoms with E-state index >= 15 is 0 Å². The fourth-order valence-electron chi connectivity index (χ4n) is 4.18. The number of nitrogens with one attached hydrogen (secondary N) is 2. The quantitative estimate of drug-likeness (QED) is 0.439. The average molecular weight is 476 g/mol. The molecule has 2 heterocycles. The number of aromatic nitrogens is 3. The second-order valence-corrected chi connectivity index (χ2v) is 9.89. The minimum Gasteiger partial charge on any atom is -0.349 e. The first kappa shape index (κ1) is 24.3. The smallest absolute Gasteiger partial charge is 0.253 e. The van der Waals surface area contributed by atoms with E-state index in [4.69, 9.17) is 16.6 Å². The van der Waals surface area contributed by atoms with Gasteiger partial charge >= 0.3 is 0 Å². The summed E-state index contributed by atoms with van der Waals surface area (Å²) in [5, 5.41) is 7.11. The maximum Gasteiger partial charge on any atom is 0.253 e. The van der Waals surface area contributed by atoms with E-state index < -0.39 is 0 Å². The Kier molecular flexibility index (Phi) is 7.36. The van der Waals surface area contributed by atoms with Crippen LogP contribution in [-0.2, 0) is 0 Å². The lowest BCUT2D eigenvalue weighted by Gasteiger charge is -2.34. The molecule has 0 radical (unpaired) electrons. The van der Waals surface area contributed by atoms with Crippen molar-refractivity contribution in [1.82, 2.24) is 19.9 Å². The summed E-state index contributed by atoms with van der Waals surface area (Å²) in [7, 11) is 0. The number of carbonyl (C=O) groups is 1. The van der Waals surface area contributed by atoms with Gasteiger partial charge in [-0.05, 0) is 63.1 Å². The number of hydrogen-bond donors (Lipinski definition) is 2. The predicted octanol–water partition coefficient (Wildman–Crippen LogP) is 6.53. The van der Waals surface area contributed by atoms with Crippen LogP contribution >= 0.6 is 24.0 Å². The Morgan fingerprint density at radius 3 is 2.56 bits per heavy atom. The molecule has 1 fully saturated rings. The number of para-hydroxylation sites is 1. The van der Waals surface area contributed by atoms with Crippen LogP contribution in [-0.4, -0.2) is 26.5 Å². The molecule has 2 aromatic heterocycles. The molecule has 2 N–H and O–H groups in total. The molecule has 1 aliphatic carbocycles. The molecule has 0 saturated heterocycles. The summed E-state index contributed by atoms with van der Waals surface area (Å²) in [6.07, 6.45) is 5.94. The molecule has 6 nitrogen and oxygen atoms in total. The van der Waals surface area contributed by atoms with Crippen LogP contribution in [0.15, 0.2) is 36.5 Å². The Hall–Kier alpha value is -2.31. The van der Waals surface area contributed by atoms with Gasteiger partial charge in [0.15, 0.2) is 5.65 Å². The van der Waals surface area contributed by atoms with Crippen molar-refractivity contribution in [2.24, 2.45) is 5.41 Å². The molecule has 1 aliphatic rings. The number of benzene rings is 1. The second kappa shape index (κ2) is 9.67. The van der Waals surface area contributed by atoms with Gasteiger partial charge in [0, 0.05) is 18.3 Å². The molecule has 172 valence electrons. The highest BCUT2D eigenvalue weighted by molar-refractivity contribution is 6.33. The highest BCUT2D eigenvalue weighted by Crippen LogP contribution is 2.35. The molecule has 8 heteroatoms. The lowest BCUT2D eigenvalue weighted by molar-refractivity contribution is 0.0909. The summed E-state index contributed by atoms with van der Waals surface area (Å²) in [4.78, 5) is 22.2. The number of nitrogens with zero attached hydrogens (tertiary/aromatic N) is 3. The minimum absolute atomic E-state index is 0. The normalized spacial score (nSPS) is 16.1. The number of anilines is 2. The highest BCUT2D eigenvalue weighted by atomic mass is 35.5. The van der Waals surface area contributed by atoms with E-state index in [1.54, 1.807) is 6.20 Å². The maximum atomic E-state index is 12.9. The summed E-state index contributed by atoms with van der Waals surface area (Å²) in [6.45, 7) is 8.74. The molecule has 0 unspecified atom stereocenters. The minimum atomic E-state index is -0.0844. The molecule has 4 rings (SSSR count). The standard InChI is InChI=1S/C24H30ClN5O.ClH/c1-15(2)30-21-20(29-23(30)28-19-8-6-5-7-18(19)25)13-16(14-26-21)22(31)27-17-9-11-24(3,4)12-10-17;/h5-8,13-15,17H,9-12H2,1-4H3,(H,27,31)(H,28,29);1H. The number of hydrogen-bond acceptors (Lipinski definition) is 4. The van der Waals surface area contributed by atoms with E-state index in [-0.39, 0.29) is 30.4 Å². The Balaban J connectivity index is 0.00000289. The van der Waals surface area contributed by atoms with Crippen LogP contribution in [0.5, 0.6) is 0 Å². The summed E-state index contributed by atoms with van der Waals surface area (Å²) < 4.78 is 2.02. The monoisotopic (exact) mass is 475 g/mol. The third kappa shape index (κ3) is 5.18. The number of fused-ring (bicyclic) bond motifs is 1. The molecule has 0 bridgehead atoms. The first-order valence-electron chi connectivity index (χ1n) is 10.9. The molecular weight excluding hydrogens is 445 g/mol. The lowest BCUT2D eigenvalue weighted by Crippen LogP contribution is -2.39. The van der Waals surface area contributed by atoms with Crippen LogP contribution in [0.3, 0.4) is 0 Å². The van der Waals surface area contributed by atoms with Gasteiger partial charge in [-0.25, -0.2) is 9.97 Å². The number of rotatable bonds is 5. The number of halogens is 2. The summed E-state index contributed by atoms with van der Waals surface area (Å²) in [6, 6.07) is 9.72. The van der Waals surface area contributed by atoms with Gasteiger partial charge in [0.1, 0.15) is 5.52 Å². The molecule has 1 aromatic carbocycles. The van der Waals surface area contributed by atoms with Gasteiger partial charge < -0.3 is 10.6 Å². The SMILES string of the molecule is CC(C)n1c(Nc2ccccc2Cl)nc2cc(C(=O)NC3CCC(C)(C)CC3)cnc21.Cl. The number of pyridine rings is 1. The maximum absolute atomic E-state index is 12.9. The van der Waals surface area contributed by atoms with E-state index in [1.165, 1.54) is 0 Å². The first-order chi connectivity index (χ1) is 14.7. The van der Waals surface area contributed by atoms with Gasteiger partial charge in [0.2, 0.25) is 5.95 Å². The van der Waals surface area contributed by atoms with Crippen LogP contribution in [0.25, 0.3) is 11.2 Å². The highest BCUT2D eigenvalue weighted by Gasteiger charge is 2.28. The Morgan fingerprint density at radius 1 is 1.22 bits per heavy atom. The van der Waals surface area contributed by atoms with Crippen molar-refractivity contribution >= 4 is 52.7 Å². The summed E-state index contributed by atoms with van der Waals surface area (Å²) in [5.74, 6) is 0.566. The van der Waals surface area contributed by atoms with Crippen LogP contribution in [0.1, 0.15) is 69.8 Å². The molecule has 0 atom stereocenters. The van der Waals surface area contributed by atoms with Crippen molar-refractivity contribution in [3.8, 4) is 0 Å². The summed E-state index contributed by atoms with van der Waals surface area (Å²) in [5.41, 5.74) is 3.10. The van der Waals surface area contributed by atoms with Gasteiger partial charge in [0.25, 0.3) is 5.91 Å². The van der Waals surface area contributed by atoms with Crippen LogP contribution < -0.4 is 10.6 Å². The first-order valence-corrected chi connectivity index (χ1v) is 11.3. The van der Waals surface area contributed by atoms with Gasteiger partial charge in [-0.2, -0.15) is 0 Å². The third-order valence-corrected chi connectivity index (χ3v) is 6.43. The predicted molar refractivity (Wildman–Crippen MR) is 133 cm³/mol. The Bertz CT molecular complexity index is 1100. The second-order valence-electron chi connectivity index (χ2n) is 9.48. The zero-order chi connectivity index (χ0) is 22.2. The Morgan fingerprint density at radius 2 is 1.91 bits per heavy atom. The van der Waals surface area contributed by atoms with Gasteiger partial charge in [-0.15, -0.1) is 12.4 Å². The van der Waals surface area contributed by atoms with Crippen molar-refractivity contribution in [3.05, 3.63) is 47.1 Å². The lowest BCUT2D eigenvalue weighted by atomic mass is 9.75. The molecule has 0 spiro atoms. The van der Waals surface area contributed by atoms with Crippen molar-refractivity contribution in [2.75, 3.05) is 5.32 Å². The molecule has 0 aliphatic heterocycles. The van der Waals surface area contributed by atoms with Gasteiger partial charge in [-0.3, -0.25) is 9.36 Å². The fourth-order valence-corrected chi connectivity index (χ4v) is 4.36. The van der Waals surface area contributed by atoms with E-state index in [9.17, 15) is 4.79 Å². The van der Waals surface area contributed by atoms with Gasteiger partial charge in [0.05, 0.1) is 16.3 Å². The molecule has 1 amide bonds. The number of amides is 1. The van der Waals surface area contributed by atoms with Crippen molar-refractivity contribution < 1.29 is 4.79 Å². The number of imidazole rings is 1. The third-order valence-electron chi connectivity index (χ3n) is 6.10. The van der Waals surface area contributed by atoms with Crippen molar-refractivity contribution in [1.29, 1.82) is 0 Å². The van der Waals surface area contributed by atoms with E-state index in [0.717, 1.165) is 37.0 Å². The topological polar surface area (TPSA) is 71.8 Å². The van der Waals surface area contributed by atoms with Crippen LogP contribution in [0.4, 0.5) is 11.6 Å². The van der Waals surface area contributed by atoms with Crippen molar-refractivity contribution in [2.45, 2.75) is 65.5 Å². The van der Waals surface area contributed by atoms with Crippen molar-refractivity contribution in [3.63, 3.8) is 0 Å². The zero-order valence-electron chi connectivity index (χ0n) is 19.0. The number of carbonyl (C=O) groups excluding carboxylic acids is 1. The Labute approximate surface area is 200 Å². The molecule has 3 aromatic rings. The average Bonchev–Trinajstić information content (AvgIpc) is 3.08.